The molecule has 1 aromatic heterocycles. The summed E-state index contributed by atoms with van der Waals surface area (Å²) in [6.07, 6.45) is 3.70. The summed E-state index contributed by atoms with van der Waals surface area (Å²) >= 11 is 10.6. The Balaban J connectivity index is 1.83. The molecule has 0 aliphatic carbocycles. The summed E-state index contributed by atoms with van der Waals surface area (Å²) < 4.78 is 3.08. The molecule has 0 aliphatic rings. The Morgan fingerprint density at radius 1 is 0.905 bits per heavy atom. The van der Waals surface area contributed by atoms with Crippen molar-refractivity contribution in [3.8, 4) is 0 Å². The molecule has 106 valence electrons. The van der Waals surface area contributed by atoms with E-state index in [0.717, 1.165) is 31.0 Å². The molecule has 2 aromatic carbocycles. The van der Waals surface area contributed by atoms with Gasteiger partial charge in [0.1, 0.15) is 0 Å². The Bertz CT molecular complexity index is 779. The molecule has 5 heteroatoms. The highest BCUT2D eigenvalue weighted by atomic mass is 79.9. The van der Waals surface area contributed by atoms with E-state index >= 15 is 0 Å². The summed E-state index contributed by atoms with van der Waals surface area (Å²) in [4.78, 5) is 4.14. The minimum absolute atomic E-state index is 0.761. The van der Waals surface area contributed by atoms with Crippen LogP contribution in [0.1, 0.15) is 5.56 Å². The predicted molar refractivity (Wildman–Crippen MR) is 98.6 cm³/mol. The van der Waals surface area contributed by atoms with Gasteiger partial charge in [0, 0.05) is 37.7 Å². The van der Waals surface area contributed by atoms with Crippen LogP contribution in [0.5, 0.6) is 0 Å². The number of hydrogen-bond donors (Lipinski definition) is 1. The third kappa shape index (κ3) is 3.47. The van der Waals surface area contributed by atoms with E-state index in [1.165, 1.54) is 10.9 Å². The minimum atomic E-state index is 0.761. The van der Waals surface area contributed by atoms with Gasteiger partial charge in [-0.25, -0.2) is 0 Å². The zero-order chi connectivity index (χ0) is 14.8. The highest BCUT2D eigenvalue weighted by Crippen LogP contribution is 2.34. The van der Waals surface area contributed by atoms with Gasteiger partial charge >= 0.3 is 0 Å². The van der Waals surface area contributed by atoms with E-state index in [2.05, 4.69) is 76.3 Å². The second kappa shape index (κ2) is 6.46. The van der Waals surface area contributed by atoms with Crippen LogP contribution < -0.4 is 5.32 Å². The number of pyridine rings is 1. The van der Waals surface area contributed by atoms with Gasteiger partial charge in [-0.1, -0.05) is 28.1 Å². The molecule has 1 heterocycles. The maximum atomic E-state index is 4.14. The lowest BCUT2D eigenvalue weighted by Crippen LogP contribution is -2.01. The molecule has 0 bridgehead atoms. The first-order chi connectivity index (χ1) is 10.1. The third-order valence-electron chi connectivity index (χ3n) is 3.18. The van der Waals surface area contributed by atoms with Crippen LogP contribution >= 0.6 is 47.8 Å². The van der Waals surface area contributed by atoms with Crippen LogP contribution in [0, 0.1) is 0 Å². The van der Waals surface area contributed by atoms with Crippen LogP contribution in [0.4, 0.5) is 5.69 Å². The molecule has 3 aromatic rings. The number of aromatic nitrogens is 1. The SMILES string of the molecule is Brc1cc(Br)c(NCc2ccc3cnccc3c2)c(Br)c1. The molecular weight excluding hydrogens is 460 g/mol. The van der Waals surface area contributed by atoms with Crippen molar-refractivity contribution in [2.24, 2.45) is 0 Å². The molecule has 0 aliphatic heterocycles. The van der Waals surface area contributed by atoms with Gasteiger partial charge in [0.25, 0.3) is 0 Å². The first-order valence-corrected chi connectivity index (χ1v) is 8.72. The predicted octanol–water partition coefficient (Wildman–Crippen LogP) is 6.13. The first kappa shape index (κ1) is 15.0. The molecule has 3 rings (SSSR count). The van der Waals surface area contributed by atoms with Crippen molar-refractivity contribution in [3.63, 3.8) is 0 Å². The lowest BCUT2D eigenvalue weighted by atomic mass is 10.1. The van der Waals surface area contributed by atoms with E-state index in [1.54, 1.807) is 0 Å². The zero-order valence-electron chi connectivity index (χ0n) is 10.9. The molecule has 0 radical (unpaired) electrons. The van der Waals surface area contributed by atoms with Crippen LogP contribution in [0.2, 0.25) is 0 Å². The van der Waals surface area contributed by atoms with Gasteiger partial charge in [-0.05, 0) is 67.1 Å². The second-order valence-corrected chi connectivity index (χ2v) is 7.28. The Morgan fingerprint density at radius 3 is 2.43 bits per heavy atom. The van der Waals surface area contributed by atoms with E-state index in [9.17, 15) is 0 Å². The van der Waals surface area contributed by atoms with E-state index in [-0.39, 0.29) is 0 Å². The number of benzene rings is 2. The van der Waals surface area contributed by atoms with Gasteiger partial charge < -0.3 is 5.32 Å². The average Bonchev–Trinajstić information content (AvgIpc) is 2.46. The number of anilines is 1. The van der Waals surface area contributed by atoms with E-state index in [1.807, 2.05) is 30.6 Å². The van der Waals surface area contributed by atoms with Gasteiger partial charge in [-0.15, -0.1) is 0 Å². The molecule has 0 saturated heterocycles. The Kier molecular flexibility index (Phi) is 4.62. The van der Waals surface area contributed by atoms with Gasteiger partial charge in [0.2, 0.25) is 0 Å². The van der Waals surface area contributed by atoms with E-state index < -0.39 is 0 Å². The van der Waals surface area contributed by atoms with Crippen LogP contribution in [-0.4, -0.2) is 4.98 Å². The van der Waals surface area contributed by atoms with E-state index in [0.29, 0.717) is 0 Å². The molecule has 1 N–H and O–H groups in total. The van der Waals surface area contributed by atoms with Crippen LogP contribution in [0.15, 0.2) is 62.2 Å². The summed E-state index contributed by atoms with van der Waals surface area (Å²) in [7, 11) is 0. The normalized spacial score (nSPS) is 10.8. The minimum Gasteiger partial charge on any atom is -0.379 e. The van der Waals surface area contributed by atoms with Crippen LogP contribution in [-0.2, 0) is 6.54 Å². The fourth-order valence-corrected chi connectivity index (χ4v) is 4.68. The molecule has 0 saturated carbocycles. The highest BCUT2D eigenvalue weighted by Gasteiger charge is 2.06. The Hall–Kier alpha value is -0.910. The van der Waals surface area contributed by atoms with Crippen molar-refractivity contribution < 1.29 is 0 Å². The van der Waals surface area contributed by atoms with Crippen LogP contribution in [0.3, 0.4) is 0 Å². The monoisotopic (exact) mass is 468 g/mol. The average molecular weight is 471 g/mol. The lowest BCUT2D eigenvalue weighted by Gasteiger charge is -2.12. The first-order valence-electron chi connectivity index (χ1n) is 6.34. The largest absolute Gasteiger partial charge is 0.379 e. The van der Waals surface area contributed by atoms with Crippen molar-refractivity contribution in [1.82, 2.24) is 4.98 Å². The standard InChI is InChI=1S/C16H11Br3N2/c17-13-6-14(18)16(15(19)7-13)21-8-10-1-2-12-9-20-4-3-11(12)5-10/h1-7,9,21H,8H2. The van der Waals surface area contributed by atoms with Crippen molar-refractivity contribution in [1.29, 1.82) is 0 Å². The van der Waals surface area contributed by atoms with Crippen LogP contribution in [0.25, 0.3) is 10.8 Å². The fraction of sp³-hybridized carbons (Fsp3) is 0.0625. The number of fused-ring (bicyclic) bond motifs is 1. The highest BCUT2D eigenvalue weighted by molar-refractivity contribution is 9.11. The van der Waals surface area contributed by atoms with E-state index in [4.69, 9.17) is 0 Å². The number of hydrogen-bond acceptors (Lipinski definition) is 2. The molecule has 0 unspecified atom stereocenters. The number of rotatable bonds is 3. The smallest absolute Gasteiger partial charge is 0.0632 e. The maximum Gasteiger partial charge on any atom is 0.0632 e. The lowest BCUT2D eigenvalue weighted by molar-refractivity contribution is 1.15. The molecule has 2 nitrogen and oxygen atoms in total. The second-order valence-electron chi connectivity index (χ2n) is 4.66. The van der Waals surface area contributed by atoms with Crippen molar-refractivity contribution in [2.75, 3.05) is 5.32 Å². The summed E-state index contributed by atoms with van der Waals surface area (Å²) in [5, 5.41) is 5.83. The summed E-state index contributed by atoms with van der Waals surface area (Å²) in [5.74, 6) is 0. The van der Waals surface area contributed by atoms with Gasteiger partial charge in [0.15, 0.2) is 0 Å². The summed E-state index contributed by atoms with van der Waals surface area (Å²) in [6, 6.07) is 12.5. The molecule has 0 spiro atoms. The van der Waals surface area contributed by atoms with Crippen molar-refractivity contribution in [3.05, 3.63) is 67.8 Å². The molecule has 21 heavy (non-hydrogen) atoms. The molecule has 0 fully saturated rings. The fourth-order valence-electron chi connectivity index (χ4n) is 2.14. The van der Waals surface area contributed by atoms with Gasteiger partial charge in [0.05, 0.1) is 5.69 Å². The molecule has 0 atom stereocenters. The summed E-state index contributed by atoms with van der Waals surface area (Å²) in [5.41, 5.74) is 2.28. The Labute approximate surface area is 148 Å². The molecular formula is C16H11Br3N2. The third-order valence-corrected chi connectivity index (χ3v) is 4.89. The Morgan fingerprint density at radius 2 is 1.67 bits per heavy atom. The van der Waals surface area contributed by atoms with Crippen molar-refractivity contribution >= 4 is 64.2 Å². The number of halogens is 3. The summed E-state index contributed by atoms with van der Waals surface area (Å²) in [6.45, 7) is 0.761. The maximum absolute atomic E-state index is 4.14. The molecule has 0 amide bonds. The zero-order valence-corrected chi connectivity index (χ0v) is 15.7. The number of nitrogens with zero attached hydrogens (tertiary/aromatic N) is 1. The van der Waals surface area contributed by atoms with Crippen molar-refractivity contribution in [2.45, 2.75) is 6.54 Å². The number of nitrogens with one attached hydrogen (secondary N) is 1. The topological polar surface area (TPSA) is 24.9 Å². The van der Waals surface area contributed by atoms with Gasteiger partial charge in [-0.3, -0.25) is 4.98 Å². The quantitative estimate of drug-likeness (QED) is 0.497. The van der Waals surface area contributed by atoms with Gasteiger partial charge in [-0.2, -0.15) is 0 Å².